The van der Waals surface area contributed by atoms with Gasteiger partial charge in [0, 0.05) is 0 Å². The molecule has 2 heterocycles. The summed E-state index contributed by atoms with van der Waals surface area (Å²) >= 11 is 1.25. The average molecular weight is 345 g/mol. The third kappa shape index (κ3) is 2.63. The number of ketones is 1. The fourth-order valence-corrected chi connectivity index (χ4v) is 3.27. The summed E-state index contributed by atoms with van der Waals surface area (Å²) in [5, 5.41) is 14.5. The van der Waals surface area contributed by atoms with E-state index >= 15 is 0 Å². The number of rotatable bonds is 5. The van der Waals surface area contributed by atoms with Crippen molar-refractivity contribution in [1.82, 2.24) is 5.32 Å². The number of benzene rings is 1. The van der Waals surface area contributed by atoms with Crippen molar-refractivity contribution in [2.24, 2.45) is 0 Å². The van der Waals surface area contributed by atoms with Gasteiger partial charge in [0.1, 0.15) is 0 Å². The SMILES string of the molecule is COc1ccc(C2NC(=O)C(O)=C2C(=O)c2cccs2)cc1OC. The topological polar surface area (TPSA) is 84.9 Å². The summed E-state index contributed by atoms with van der Waals surface area (Å²) in [5.41, 5.74) is 0.652. The third-order valence-corrected chi connectivity index (χ3v) is 4.63. The molecule has 1 amide bonds. The first-order chi connectivity index (χ1) is 11.6. The van der Waals surface area contributed by atoms with Gasteiger partial charge in [-0.25, -0.2) is 0 Å². The third-order valence-electron chi connectivity index (χ3n) is 3.76. The quantitative estimate of drug-likeness (QED) is 0.814. The Morgan fingerprint density at radius 2 is 1.96 bits per heavy atom. The van der Waals surface area contributed by atoms with Gasteiger partial charge in [-0.1, -0.05) is 12.1 Å². The van der Waals surface area contributed by atoms with Crippen molar-refractivity contribution in [2.45, 2.75) is 6.04 Å². The van der Waals surface area contributed by atoms with Crippen molar-refractivity contribution in [3.8, 4) is 11.5 Å². The number of ether oxygens (including phenoxy) is 2. The molecule has 1 aromatic heterocycles. The zero-order chi connectivity index (χ0) is 17.3. The lowest BCUT2D eigenvalue weighted by Crippen LogP contribution is -2.23. The summed E-state index contributed by atoms with van der Waals surface area (Å²) in [7, 11) is 3.02. The molecule has 0 aliphatic carbocycles. The van der Waals surface area contributed by atoms with Crippen LogP contribution in [0.5, 0.6) is 11.5 Å². The summed E-state index contributed by atoms with van der Waals surface area (Å²) in [6, 6.07) is 7.72. The highest BCUT2D eigenvalue weighted by Crippen LogP contribution is 2.36. The minimum Gasteiger partial charge on any atom is -0.503 e. The number of Topliss-reactive ketones (excluding diaryl/α,β-unsaturated/α-hetero) is 1. The number of hydrogen-bond acceptors (Lipinski definition) is 6. The minimum atomic E-state index is -0.744. The Morgan fingerprint density at radius 1 is 1.21 bits per heavy atom. The van der Waals surface area contributed by atoms with Gasteiger partial charge in [0.25, 0.3) is 5.91 Å². The first-order valence-corrected chi connectivity index (χ1v) is 7.99. The van der Waals surface area contributed by atoms with Gasteiger partial charge in [-0.2, -0.15) is 0 Å². The van der Waals surface area contributed by atoms with Crippen LogP contribution < -0.4 is 14.8 Å². The molecule has 1 aliphatic rings. The maximum Gasteiger partial charge on any atom is 0.287 e. The van der Waals surface area contributed by atoms with Gasteiger partial charge in [0.15, 0.2) is 17.3 Å². The largest absolute Gasteiger partial charge is 0.503 e. The fraction of sp³-hybridized carbons (Fsp3) is 0.176. The van der Waals surface area contributed by atoms with Gasteiger partial charge < -0.3 is 19.9 Å². The molecule has 0 fully saturated rings. The second kappa shape index (κ2) is 6.37. The molecule has 0 saturated carbocycles. The van der Waals surface area contributed by atoms with Crippen LogP contribution >= 0.6 is 11.3 Å². The highest BCUT2D eigenvalue weighted by molar-refractivity contribution is 7.12. The molecule has 0 saturated heterocycles. The Morgan fingerprint density at radius 3 is 2.58 bits per heavy atom. The molecule has 0 spiro atoms. The molecule has 1 aliphatic heterocycles. The Hall–Kier alpha value is -2.80. The lowest BCUT2D eigenvalue weighted by Gasteiger charge is -2.16. The number of amides is 1. The molecule has 7 heteroatoms. The molecule has 1 aromatic carbocycles. The van der Waals surface area contributed by atoms with Crippen LogP contribution in [0.1, 0.15) is 21.3 Å². The first-order valence-electron chi connectivity index (χ1n) is 7.11. The second-order valence-electron chi connectivity index (χ2n) is 5.09. The highest BCUT2D eigenvalue weighted by atomic mass is 32.1. The number of nitrogens with one attached hydrogen (secondary N) is 1. The van der Waals surface area contributed by atoms with Crippen molar-refractivity contribution in [2.75, 3.05) is 14.2 Å². The Labute approximate surface area is 142 Å². The predicted octanol–water partition coefficient (Wildman–Crippen LogP) is 2.63. The smallest absolute Gasteiger partial charge is 0.287 e. The average Bonchev–Trinajstić information content (AvgIpc) is 3.23. The van der Waals surface area contributed by atoms with E-state index in [1.807, 2.05) is 0 Å². The molecule has 2 aromatic rings. The van der Waals surface area contributed by atoms with Crippen molar-refractivity contribution in [1.29, 1.82) is 0 Å². The van der Waals surface area contributed by atoms with Crippen molar-refractivity contribution in [3.05, 3.63) is 57.5 Å². The number of methoxy groups -OCH3 is 2. The Bertz CT molecular complexity index is 826. The molecule has 1 atom stereocenters. The van der Waals surface area contributed by atoms with Crippen LogP contribution in [-0.2, 0) is 4.79 Å². The summed E-state index contributed by atoms with van der Waals surface area (Å²) in [5.74, 6) is -0.591. The normalized spacial score (nSPS) is 16.9. The summed E-state index contributed by atoms with van der Waals surface area (Å²) in [4.78, 5) is 25.0. The van der Waals surface area contributed by atoms with Gasteiger partial charge in [-0.3, -0.25) is 9.59 Å². The zero-order valence-electron chi connectivity index (χ0n) is 13.0. The summed E-state index contributed by atoms with van der Waals surface area (Å²) < 4.78 is 10.4. The van der Waals surface area contributed by atoms with Gasteiger partial charge in [-0.15, -0.1) is 11.3 Å². The lowest BCUT2D eigenvalue weighted by molar-refractivity contribution is -0.119. The molecule has 6 nitrogen and oxygen atoms in total. The van der Waals surface area contributed by atoms with Crippen LogP contribution in [0.4, 0.5) is 0 Å². The van der Waals surface area contributed by atoms with E-state index in [1.165, 1.54) is 25.6 Å². The maximum atomic E-state index is 12.7. The van der Waals surface area contributed by atoms with Crippen LogP contribution in [0.15, 0.2) is 47.0 Å². The van der Waals surface area contributed by atoms with E-state index in [0.29, 0.717) is 21.9 Å². The van der Waals surface area contributed by atoms with E-state index in [-0.39, 0.29) is 11.4 Å². The maximum absolute atomic E-state index is 12.7. The van der Waals surface area contributed by atoms with Crippen molar-refractivity contribution >= 4 is 23.0 Å². The highest BCUT2D eigenvalue weighted by Gasteiger charge is 2.38. The fourth-order valence-electron chi connectivity index (χ4n) is 2.59. The lowest BCUT2D eigenvalue weighted by atomic mass is 9.96. The van der Waals surface area contributed by atoms with Gasteiger partial charge >= 0.3 is 0 Å². The van der Waals surface area contributed by atoms with Gasteiger partial charge in [0.05, 0.1) is 30.7 Å². The molecule has 1 unspecified atom stereocenters. The predicted molar refractivity (Wildman–Crippen MR) is 88.7 cm³/mol. The van der Waals surface area contributed by atoms with E-state index in [2.05, 4.69) is 5.32 Å². The molecule has 24 heavy (non-hydrogen) atoms. The zero-order valence-corrected chi connectivity index (χ0v) is 13.8. The van der Waals surface area contributed by atoms with E-state index in [9.17, 15) is 14.7 Å². The number of aliphatic hydroxyl groups excluding tert-OH is 1. The molecule has 0 radical (unpaired) electrons. The number of aliphatic hydroxyl groups is 1. The monoisotopic (exact) mass is 345 g/mol. The minimum absolute atomic E-state index is 0.0367. The van der Waals surface area contributed by atoms with Gasteiger partial charge in [-0.05, 0) is 29.1 Å². The molecule has 124 valence electrons. The van der Waals surface area contributed by atoms with Crippen LogP contribution in [-0.4, -0.2) is 31.0 Å². The van der Waals surface area contributed by atoms with E-state index in [4.69, 9.17) is 9.47 Å². The number of thiophene rings is 1. The summed E-state index contributed by atoms with van der Waals surface area (Å²) in [6.45, 7) is 0. The van der Waals surface area contributed by atoms with Crippen LogP contribution in [0.2, 0.25) is 0 Å². The number of carbonyl (C=O) groups is 2. The Balaban J connectivity index is 2.04. The van der Waals surface area contributed by atoms with Crippen LogP contribution in [0, 0.1) is 0 Å². The van der Waals surface area contributed by atoms with E-state index in [0.717, 1.165) is 0 Å². The van der Waals surface area contributed by atoms with E-state index in [1.54, 1.807) is 35.7 Å². The van der Waals surface area contributed by atoms with Gasteiger partial charge in [0.2, 0.25) is 5.78 Å². The first kappa shape index (κ1) is 16.1. The number of carbonyl (C=O) groups excluding carboxylic acids is 2. The molecule has 3 rings (SSSR count). The van der Waals surface area contributed by atoms with Crippen molar-refractivity contribution in [3.63, 3.8) is 0 Å². The molecule has 2 N–H and O–H groups in total. The van der Waals surface area contributed by atoms with E-state index < -0.39 is 17.7 Å². The Kier molecular flexibility index (Phi) is 4.26. The molecule has 0 bridgehead atoms. The summed E-state index contributed by atoms with van der Waals surface area (Å²) in [6.07, 6.45) is 0. The molecular formula is C17H15NO5S. The second-order valence-corrected chi connectivity index (χ2v) is 6.04. The standard InChI is InChI=1S/C17H15NO5S/c1-22-10-6-5-9(8-11(10)23-2)14-13(16(20)17(21)18-14)15(19)12-4-3-7-24-12/h3-8,14,20H,1-2H3,(H,18,21). The number of hydrogen-bond donors (Lipinski definition) is 2. The van der Waals surface area contributed by atoms with Crippen LogP contribution in [0.25, 0.3) is 0 Å². The van der Waals surface area contributed by atoms with Crippen molar-refractivity contribution < 1.29 is 24.2 Å². The molecular weight excluding hydrogens is 330 g/mol. The van der Waals surface area contributed by atoms with Crippen LogP contribution in [0.3, 0.4) is 0 Å².